The standard InChI is InChI=1S/C24H25N3O5S/c1-3-22(28)25-18-7-6-14-27(15-18)33(30,31)19-12-10-17(11-13-19)26-24(29)23-16(2)20-8-4-5-9-21(20)32-23/h3-5,8-13,18H,1,6-7,14-15H2,2H3,(H,25,28)(H,26,29)/t18-/m0/s1. The minimum atomic E-state index is -3.73. The van der Waals surface area contributed by atoms with E-state index in [1.807, 2.05) is 25.1 Å². The topological polar surface area (TPSA) is 109 Å². The van der Waals surface area contributed by atoms with Gasteiger partial charge in [-0.15, -0.1) is 0 Å². The van der Waals surface area contributed by atoms with Crippen LogP contribution in [0.15, 0.2) is 70.5 Å². The van der Waals surface area contributed by atoms with Crippen LogP contribution >= 0.6 is 0 Å². The highest BCUT2D eigenvalue weighted by atomic mass is 32.2. The molecule has 2 N–H and O–H groups in total. The molecule has 0 unspecified atom stereocenters. The predicted octanol–water partition coefficient (Wildman–Crippen LogP) is 3.45. The summed E-state index contributed by atoms with van der Waals surface area (Å²) in [5, 5.41) is 6.39. The zero-order chi connectivity index (χ0) is 23.6. The van der Waals surface area contributed by atoms with Crippen molar-refractivity contribution in [3.63, 3.8) is 0 Å². The number of fused-ring (bicyclic) bond motifs is 1. The largest absolute Gasteiger partial charge is 0.451 e. The molecule has 8 nitrogen and oxygen atoms in total. The van der Waals surface area contributed by atoms with E-state index in [0.717, 1.165) is 10.9 Å². The second kappa shape index (κ2) is 9.21. The molecule has 2 amide bonds. The Morgan fingerprint density at radius 2 is 1.88 bits per heavy atom. The van der Waals surface area contributed by atoms with E-state index >= 15 is 0 Å². The smallest absolute Gasteiger partial charge is 0.291 e. The molecule has 2 aromatic carbocycles. The normalized spacial score (nSPS) is 16.9. The van der Waals surface area contributed by atoms with Crippen LogP contribution in [0.1, 0.15) is 29.0 Å². The van der Waals surface area contributed by atoms with Gasteiger partial charge in [0, 0.05) is 35.8 Å². The molecule has 4 rings (SSSR count). The summed E-state index contributed by atoms with van der Waals surface area (Å²) in [5.74, 6) is -0.510. The first-order valence-electron chi connectivity index (χ1n) is 10.6. The Hall–Kier alpha value is -3.43. The Balaban J connectivity index is 1.47. The zero-order valence-corrected chi connectivity index (χ0v) is 19.0. The Bertz CT molecular complexity index is 1310. The van der Waals surface area contributed by atoms with Crippen molar-refractivity contribution in [1.82, 2.24) is 9.62 Å². The van der Waals surface area contributed by atoms with E-state index in [4.69, 9.17) is 4.42 Å². The maximum atomic E-state index is 13.1. The van der Waals surface area contributed by atoms with Crippen LogP contribution in [-0.2, 0) is 14.8 Å². The number of amides is 2. The number of para-hydroxylation sites is 1. The molecule has 9 heteroatoms. The highest BCUT2D eigenvalue weighted by Crippen LogP contribution is 2.26. The van der Waals surface area contributed by atoms with Crippen LogP contribution in [0.25, 0.3) is 11.0 Å². The van der Waals surface area contributed by atoms with Crippen molar-refractivity contribution >= 4 is 38.5 Å². The highest BCUT2D eigenvalue weighted by molar-refractivity contribution is 7.89. The number of benzene rings is 2. The molecule has 0 radical (unpaired) electrons. The Morgan fingerprint density at radius 3 is 2.58 bits per heavy atom. The van der Waals surface area contributed by atoms with Gasteiger partial charge in [-0.2, -0.15) is 4.31 Å². The highest BCUT2D eigenvalue weighted by Gasteiger charge is 2.30. The number of rotatable bonds is 6. The Kier molecular flexibility index (Phi) is 6.35. The molecule has 0 saturated carbocycles. The number of carbonyl (C=O) groups is 2. The number of hydrogen-bond acceptors (Lipinski definition) is 5. The van der Waals surface area contributed by atoms with Gasteiger partial charge < -0.3 is 15.1 Å². The fourth-order valence-corrected chi connectivity index (χ4v) is 5.50. The predicted molar refractivity (Wildman–Crippen MR) is 125 cm³/mol. The third-order valence-electron chi connectivity index (χ3n) is 5.72. The minimum absolute atomic E-state index is 0.121. The Morgan fingerprint density at radius 1 is 1.15 bits per heavy atom. The molecule has 172 valence electrons. The summed E-state index contributed by atoms with van der Waals surface area (Å²) in [6, 6.07) is 13.2. The number of nitrogens with one attached hydrogen (secondary N) is 2. The van der Waals surface area contributed by atoms with Gasteiger partial charge in [0.25, 0.3) is 5.91 Å². The summed E-state index contributed by atoms with van der Waals surface area (Å²) >= 11 is 0. The van der Waals surface area contributed by atoms with Crippen molar-refractivity contribution in [2.45, 2.75) is 30.7 Å². The van der Waals surface area contributed by atoms with Gasteiger partial charge in [0.05, 0.1) is 4.90 Å². The minimum Gasteiger partial charge on any atom is -0.451 e. The lowest BCUT2D eigenvalue weighted by Gasteiger charge is -2.32. The van der Waals surface area contributed by atoms with Crippen molar-refractivity contribution in [3.8, 4) is 0 Å². The summed E-state index contributed by atoms with van der Waals surface area (Å²) in [6.45, 7) is 5.83. The van der Waals surface area contributed by atoms with Crippen LogP contribution in [0, 0.1) is 6.92 Å². The zero-order valence-electron chi connectivity index (χ0n) is 18.2. The van der Waals surface area contributed by atoms with E-state index in [1.54, 1.807) is 18.2 Å². The number of furan rings is 1. The molecule has 0 bridgehead atoms. The van der Waals surface area contributed by atoms with E-state index in [0.29, 0.717) is 30.7 Å². The first-order chi connectivity index (χ1) is 15.8. The molecule has 1 atom stereocenters. The first-order valence-corrected chi connectivity index (χ1v) is 12.1. The van der Waals surface area contributed by atoms with Crippen LogP contribution < -0.4 is 10.6 Å². The maximum Gasteiger partial charge on any atom is 0.291 e. The van der Waals surface area contributed by atoms with Gasteiger partial charge in [0.2, 0.25) is 15.9 Å². The van der Waals surface area contributed by atoms with Crippen LogP contribution in [0.4, 0.5) is 5.69 Å². The lowest BCUT2D eigenvalue weighted by atomic mass is 10.1. The van der Waals surface area contributed by atoms with Crippen molar-refractivity contribution in [3.05, 3.63) is 72.5 Å². The molecule has 1 fully saturated rings. The number of anilines is 1. The summed E-state index contributed by atoms with van der Waals surface area (Å²) in [5.41, 5.74) is 1.82. The molecule has 33 heavy (non-hydrogen) atoms. The van der Waals surface area contributed by atoms with Gasteiger partial charge in [-0.05, 0) is 56.2 Å². The third-order valence-corrected chi connectivity index (χ3v) is 7.60. The second-order valence-corrected chi connectivity index (χ2v) is 9.88. The first kappa shape index (κ1) is 22.8. The van der Waals surface area contributed by atoms with E-state index in [2.05, 4.69) is 17.2 Å². The van der Waals surface area contributed by atoms with Crippen molar-refractivity contribution in [1.29, 1.82) is 0 Å². The quantitative estimate of drug-likeness (QED) is 0.540. The summed E-state index contributed by atoms with van der Waals surface area (Å²) in [6.07, 6.45) is 2.53. The molecule has 1 aliphatic rings. The summed E-state index contributed by atoms with van der Waals surface area (Å²) < 4.78 is 33.2. The lowest BCUT2D eigenvalue weighted by Crippen LogP contribution is -2.49. The van der Waals surface area contributed by atoms with Crippen LogP contribution in [0.2, 0.25) is 0 Å². The monoisotopic (exact) mass is 467 g/mol. The number of aryl methyl sites for hydroxylation is 1. The number of hydrogen-bond donors (Lipinski definition) is 2. The molecule has 1 aliphatic heterocycles. The fraction of sp³-hybridized carbons (Fsp3) is 0.250. The number of sulfonamides is 1. The lowest BCUT2D eigenvalue weighted by molar-refractivity contribution is -0.117. The second-order valence-electron chi connectivity index (χ2n) is 7.95. The number of nitrogens with zero attached hydrogens (tertiary/aromatic N) is 1. The van der Waals surface area contributed by atoms with E-state index in [-0.39, 0.29) is 29.1 Å². The van der Waals surface area contributed by atoms with Gasteiger partial charge in [0.1, 0.15) is 5.58 Å². The van der Waals surface area contributed by atoms with Gasteiger partial charge in [0.15, 0.2) is 5.76 Å². The van der Waals surface area contributed by atoms with Gasteiger partial charge in [-0.1, -0.05) is 24.8 Å². The third kappa shape index (κ3) is 4.69. The van der Waals surface area contributed by atoms with Crippen LogP contribution in [-0.4, -0.2) is 43.7 Å². The van der Waals surface area contributed by atoms with E-state index in [9.17, 15) is 18.0 Å². The van der Waals surface area contributed by atoms with Crippen molar-refractivity contribution in [2.24, 2.45) is 0 Å². The summed E-state index contributed by atoms with van der Waals surface area (Å²) in [7, 11) is -3.73. The van der Waals surface area contributed by atoms with Gasteiger partial charge >= 0.3 is 0 Å². The molecule has 3 aromatic rings. The molecular weight excluding hydrogens is 442 g/mol. The Labute approximate surface area is 192 Å². The SMILES string of the molecule is C=CC(=O)N[C@H]1CCCN(S(=O)(=O)c2ccc(NC(=O)c3oc4ccccc4c3C)cc2)C1. The molecule has 0 aliphatic carbocycles. The fourth-order valence-electron chi connectivity index (χ4n) is 3.98. The van der Waals surface area contributed by atoms with E-state index < -0.39 is 15.9 Å². The molecule has 1 aromatic heterocycles. The molecular formula is C24H25N3O5S. The van der Waals surface area contributed by atoms with Gasteiger partial charge in [-0.3, -0.25) is 9.59 Å². The number of piperidine rings is 1. The van der Waals surface area contributed by atoms with Crippen LogP contribution in [0.3, 0.4) is 0 Å². The molecule has 2 heterocycles. The van der Waals surface area contributed by atoms with Crippen LogP contribution in [0.5, 0.6) is 0 Å². The van der Waals surface area contributed by atoms with E-state index in [1.165, 1.54) is 22.5 Å². The molecule has 1 saturated heterocycles. The average molecular weight is 468 g/mol. The summed E-state index contributed by atoms with van der Waals surface area (Å²) in [4.78, 5) is 24.4. The maximum absolute atomic E-state index is 13.1. The molecule has 0 spiro atoms. The van der Waals surface area contributed by atoms with Crippen molar-refractivity contribution < 1.29 is 22.4 Å². The average Bonchev–Trinajstić information content (AvgIpc) is 3.16. The van der Waals surface area contributed by atoms with Crippen molar-refractivity contribution in [2.75, 3.05) is 18.4 Å². The number of carbonyl (C=O) groups excluding carboxylic acids is 2. The van der Waals surface area contributed by atoms with Gasteiger partial charge in [-0.25, -0.2) is 8.42 Å².